The Morgan fingerprint density at radius 3 is 2.67 bits per heavy atom. The molecule has 2 heterocycles. The van der Waals surface area contributed by atoms with Crippen molar-refractivity contribution >= 4 is 16.9 Å². The van der Waals surface area contributed by atoms with Gasteiger partial charge in [-0.25, -0.2) is 0 Å². The number of carboxylic acid groups (broad SMARTS) is 1. The lowest BCUT2D eigenvalue weighted by atomic mass is 9.99. The van der Waals surface area contributed by atoms with E-state index in [0.717, 1.165) is 11.6 Å². The van der Waals surface area contributed by atoms with Gasteiger partial charge in [0.25, 0.3) is 0 Å². The van der Waals surface area contributed by atoms with Gasteiger partial charge in [0.15, 0.2) is 0 Å². The van der Waals surface area contributed by atoms with Crippen LogP contribution in [0.2, 0.25) is 0 Å². The number of nitrogens with one attached hydrogen (secondary N) is 2. The molecule has 1 aromatic carbocycles. The molecule has 1 saturated heterocycles. The number of hydrogen-bond acceptors (Lipinski definition) is 2. The summed E-state index contributed by atoms with van der Waals surface area (Å²) >= 11 is 0. The average molecular weight is 298 g/mol. The molecular formula is C14H13F3N2O2. The molecular weight excluding hydrogens is 285 g/mol. The minimum absolute atomic E-state index is 0.139. The molecule has 112 valence electrons. The van der Waals surface area contributed by atoms with Crippen LogP contribution in [-0.2, 0) is 11.0 Å². The van der Waals surface area contributed by atoms with Crippen molar-refractivity contribution in [3.05, 3.63) is 35.5 Å². The lowest BCUT2D eigenvalue weighted by molar-refractivity contribution is -0.141. The maximum Gasteiger partial charge on any atom is 0.431 e. The molecule has 0 amide bonds. The summed E-state index contributed by atoms with van der Waals surface area (Å²) in [6.07, 6.45) is -3.96. The molecule has 1 aliphatic heterocycles. The van der Waals surface area contributed by atoms with Crippen LogP contribution in [0.3, 0.4) is 0 Å². The SMILES string of the molecule is O=C(O)C1CNC(c2ccc3[nH]c(C(F)(F)F)cc3c2)C1. The molecule has 4 nitrogen and oxygen atoms in total. The molecule has 1 aromatic heterocycles. The fraction of sp³-hybridized carbons (Fsp3) is 0.357. The van der Waals surface area contributed by atoms with Gasteiger partial charge in [0.1, 0.15) is 5.69 Å². The molecule has 1 aliphatic rings. The van der Waals surface area contributed by atoms with E-state index in [1.807, 2.05) is 0 Å². The Balaban J connectivity index is 1.90. The fourth-order valence-corrected chi connectivity index (χ4v) is 2.70. The third-order valence-corrected chi connectivity index (χ3v) is 3.83. The number of carboxylic acids is 1. The summed E-state index contributed by atoms with van der Waals surface area (Å²) in [5, 5.41) is 12.5. The van der Waals surface area contributed by atoms with Crippen LogP contribution in [-0.4, -0.2) is 22.6 Å². The lowest BCUT2D eigenvalue weighted by Gasteiger charge is -2.10. The van der Waals surface area contributed by atoms with Gasteiger partial charge in [0.05, 0.1) is 5.92 Å². The summed E-state index contributed by atoms with van der Waals surface area (Å²) in [6.45, 7) is 0.374. The highest BCUT2D eigenvalue weighted by Crippen LogP contribution is 2.33. The molecule has 0 spiro atoms. The molecule has 0 aliphatic carbocycles. The normalized spacial score (nSPS) is 22.8. The predicted molar refractivity (Wildman–Crippen MR) is 69.8 cm³/mol. The van der Waals surface area contributed by atoms with E-state index >= 15 is 0 Å². The van der Waals surface area contributed by atoms with Crippen molar-refractivity contribution in [3.63, 3.8) is 0 Å². The maximum atomic E-state index is 12.7. The highest BCUT2D eigenvalue weighted by molar-refractivity contribution is 5.81. The number of H-pyrrole nitrogens is 1. The van der Waals surface area contributed by atoms with Crippen molar-refractivity contribution in [1.82, 2.24) is 10.3 Å². The van der Waals surface area contributed by atoms with Crippen molar-refractivity contribution in [2.45, 2.75) is 18.6 Å². The second-order valence-electron chi connectivity index (χ2n) is 5.26. The Kier molecular flexibility index (Phi) is 3.16. The van der Waals surface area contributed by atoms with E-state index in [-0.39, 0.29) is 6.04 Å². The second kappa shape index (κ2) is 4.77. The Morgan fingerprint density at radius 2 is 2.05 bits per heavy atom. The molecule has 2 aromatic rings. The van der Waals surface area contributed by atoms with Gasteiger partial charge in [0.2, 0.25) is 0 Å². The number of fused-ring (bicyclic) bond motifs is 1. The largest absolute Gasteiger partial charge is 0.481 e. The molecule has 1 fully saturated rings. The zero-order valence-corrected chi connectivity index (χ0v) is 10.9. The summed E-state index contributed by atoms with van der Waals surface area (Å²) in [4.78, 5) is 13.3. The van der Waals surface area contributed by atoms with Crippen molar-refractivity contribution in [2.24, 2.45) is 5.92 Å². The molecule has 21 heavy (non-hydrogen) atoms. The first-order valence-corrected chi connectivity index (χ1v) is 6.50. The third-order valence-electron chi connectivity index (χ3n) is 3.83. The molecule has 3 rings (SSSR count). The first-order chi connectivity index (χ1) is 9.84. The zero-order valence-electron chi connectivity index (χ0n) is 10.9. The Hall–Kier alpha value is -2.02. The van der Waals surface area contributed by atoms with Gasteiger partial charge in [0, 0.05) is 23.5 Å². The van der Waals surface area contributed by atoms with Crippen molar-refractivity contribution in [3.8, 4) is 0 Å². The van der Waals surface area contributed by atoms with Gasteiger partial charge in [-0.15, -0.1) is 0 Å². The van der Waals surface area contributed by atoms with Gasteiger partial charge in [-0.3, -0.25) is 4.79 Å². The van der Waals surface area contributed by atoms with Crippen LogP contribution in [0.1, 0.15) is 23.7 Å². The average Bonchev–Trinajstić information content (AvgIpc) is 3.04. The number of aliphatic carboxylic acids is 1. The van der Waals surface area contributed by atoms with Crippen LogP contribution in [0.25, 0.3) is 10.9 Å². The highest BCUT2D eigenvalue weighted by atomic mass is 19.4. The van der Waals surface area contributed by atoms with Crippen LogP contribution in [0.4, 0.5) is 13.2 Å². The van der Waals surface area contributed by atoms with E-state index in [1.165, 1.54) is 0 Å². The Bertz CT molecular complexity index is 693. The lowest BCUT2D eigenvalue weighted by Crippen LogP contribution is -2.17. The van der Waals surface area contributed by atoms with E-state index in [2.05, 4.69) is 10.3 Å². The summed E-state index contributed by atoms with van der Waals surface area (Å²) in [7, 11) is 0. The van der Waals surface area contributed by atoms with E-state index < -0.39 is 23.8 Å². The zero-order chi connectivity index (χ0) is 15.2. The smallest absolute Gasteiger partial charge is 0.431 e. The molecule has 2 unspecified atom stereocenters. The number of aromatic amines is 1. The Morgan fingerprint density at radius 1 is 1.29 bits per heavy atom. The number of carbonyl (C=O) groups is 1. The maximum absolute atomic E-state index is 12.7. The minimum Gasteiger partial charge on any atom is -0.481 e. The van der Waals surface area contributed by atoms with Crippen LogP contribution in [0, 0.1) is 5.92 Å². The number of hydrogen-bond donors (Lipinski definition) is 3. The van der Waals surface area contributed by atoms with Crippen molar-refractivity contribution < 1.29 is 23.1 Å². The summed E-state index contributed by atoms with van der Waals surface area (Å²) < 4.78 is 38.0. The molecule has 7 heteroatoms. The summed E-state index contributed by atoms with van der Waals surface area (Å²) in [5.74, 6) is -1.31. The fourth-order valence-electron chi connectivity index (χ4n) is 2.70. The third kappa shape index (κ3) is 2.61. The predicted octanol–water partition coefficient (Wildman–Crippen LogP) is 2.92. The highest BCUT2D eigenvalue weighted by Gasteiger charge is 2.33. The number of rotatable bonds is 2. The number of aromatic nitrogens is 1. The van der Waals surface area contributed by atoms with E-state index in [9.17, 15) is 18.0 Å². The summed E-state index contributed by atoms with van der Waals surface area (Å²) in [5.41, 5.74) is 0.440. The quantitative estimate of drug-likeness (QED) is 0.798. The van der Waals surface area contributed by atoms with Crippen LogP contribution in [0.15, 0.2) is 24.3 Å². The van der Waals surface area contributed by atoms with Crippen LogP contribution < -0.4 is 5.32 Å². The van der Waals surface area contributed by atoms with Crippen LogP contribution in [0.5, 0.6) is 0 Å². The van der Waals surface area contributed by atoms with Gasteiger partial charge in [-0.1, -0.05) is 6.07 Å². The summed E-state index contributed by atoms with van der Waals surface area (Å²) in [6, 6.07) is 5.92. The number of benzene rings is 1. The molecule has 0 radical (unpaired) electrons. The van der Waals surface area contributed by atoms with E-state index in [1.54, 1.807) is 18.2 Å². The first kappa shape index (κ1) is 13.9. The molecule has 3 N–H and O–H groups in total. The monoisotopic (exact) mass is 298 g/mol. The van der Waals surface area contributed by atoms with Gasteiger partial charge in [-0.2, -0.15) is 13.2 Å². The van der Waals surface area contributed by atoms with Crippen molar-refractivity contribution in [1.29, 1.82) is 0 Å². The van der Waals surface area contributed by atoms with Gasteiger partial charge < -0.3 is 15.4 Å². The molecule has 0 saturated carbocycles. The first-order valence-electron chi connectivity index (χ1n) is 6.50. The molecule has 0 bridgehead atoms. The second-order valence-corrected chi connectivity index (χ2v) is 5.26. The topological polar surface area (TPSA) is 65.1 Å². The number of alkyl halides is 3. The van der Waals surface area contributed by atoms with Gasteiger partial charge in [-0.05, 0) is 30.2 Å². The minimum atomic E-state index is -4.40. The van der Waals surface area contributed by atoms with Crippen LogP contribution >= 0.6 is 0 Å². The Labute approximate surface area is 118 Å². The van der Waals surface area contributed by atoms with E-state index in [0.29, 0.717) is 23.9 Å². The van der Waals surface area contributed by atoms with Crippen molar-refractivity contribution in [2.75, 3.05) is 6.54 Å². The standard InChI is InChI=1S/C14H13F3N2O2/c15-14(16,17)12-5-8-3-7(1-2-10(8)19-12)11-4-9(6-18-11)13(20)21/h1-3,5,9,11,18-19H,4,6H2,(H,20,21). The van der Waals surface area contributed by atoms with E-state index in [4.69, 9.17) is 5.11 Å². The number of halogens is 3. The molecule has 2 atom stereocenters. The van der Waals surface area contributed by atoms with Gasteiger partial charge >= 0.3 is 12.1 Å².